The molecule has 4 rings (SSSR count). The van der Waals surface area contributed by atoms with Crippen molar-refractivity contribution in [3.63, 3.8) is 0 Å². The van der Waals surface area contributed by atoms with Gasteiger partial charge in [-0.3, -0.25) is 14.4 Å². The van der Waals surface area contributed by atoms with E-state index in [9.17, 15) is 19.5 Å². The van der Waals surface area contributed by atoms with Crippen LogP contribution in [0.2, 0.25) is 0 Å². The summed E-state index contributed by atoms with van der Waals surface area (Å²) in [5, 5.41) is 15.6. The van der Waals surface area contributed by atoms with Crippen molar-refractivity contribution in [2.75, 3.05) is 19.7 Å². The Labute approximate surface area is 207 Å². The van der Waals surface area contributed by atoms with E-state index in [1.807, 2.05) is 30.3 Å². The number of alkyl halides is 1. The fourth-order valence-electron chi connectivity index (χ4n) is 5.66. The molecule has 3 fully saturated rings. The fourth-order valence-corrected chi connectivity index (χ4v) is 9.28. The molecule has 3 aliphatic rings. The number of likely N-dealkylation sites (tertiary alicyclic amines) is 1. The quantitative estimate of drug-likeness (QED) is 0.313. The maximum absolute atomic E-state index is 13.6. The summed E-state index contributed by atoms with van der Waals surface area (Å²) in [5.74, 6) is -1.58. The Bertz CT molecular complexity index is 888. The van der Waals surface area contributed by atoms with Gasteiger partial charge >= 0.3 is 0 Å². The third-order valence-electron chi connectivity index (χ3n) is 7.07. The van der Waals surface area contributed by atoms with Gasteiger partial charge in [0.15, 0.2) is 0 Å². The third-order valence-corrected chi connectivity index (χ3v) is 10.3. The number of thioether (sulfide) groups is 1. The van der Waals surface area contributed by atoms with Gasteiger partial charge in [0.2, 0.25) is 17.7 Å². The van der Waals surface area contributed by atoms with Crippen molar-refractivity contribution in [3.05, 3.63) is 35.9 Å². The first-order chi connectivity index (χ1) is 15.9. The van der Waals surface area contributed by atoms with E-state index in [1.165, 1.54) is 4.90 Å². The highest BCUT2D eigenvalue weighted by Crippen LogP contribution is 2.67. The van der Waals surface area contributed by atoms with Gasteiger partial charge in [-0.05, 0) is 18.4 Å². The Hall–Kier alpha value is -1.58. The maximum atomic E-state index is 13.6. The Morgan fingerprint density at radius 3 is 2.67 bits per heavy atom. The van der Waals surface area contributed by atoms with Crippen LogP contribution >= 0.6 is 27.7 Å². The Morgan fingerprint density at radius 2 is 1.97 bits per heavy atom. The minimum absolute atomic E-state index is 0.0449. The number of nitrogens with zero attached hydrogens (tertiary/aromatic N) is 1. The first kappa shape index (κ1) is 24.5. The normalized spacial score (nSPS) is 32.2. The molecule has 180 valence electrons. The van der Waals surface area contributed by atoms with E-state index in [2.05, 4.69) is 33.5 Å². The van der Waals surface area contributed by atoms with Crippen molar-refractivity contribution >= 4 is 45.4 Å². The second kappa shape index (κ2) is 10.4. The molecule has 3 saturated heterocycles. The van der Waals surface area contributed by atoms with Crippen LogP contribution in [0.3, 0.4) is 0 Å². The summed E-state index contributed by atoms with van der Waals surface area (Å²) < 4.78 is -0.658. The molecule has 33 heavy (non-hydrogen) atoms. The number of nitrogens with one attached hydrogen (secondary N) is 2. The number of unbranched alkanes of at least 4 members (excludes halogenated alkanes) is 2. The minimum Gasteiger partial charge on any atom is -0.395 e. The van der Waals surface area contributed by atoms with E-state index in [0.717, 1.165) is 24.8 Å². The Morgan fingerprint density at radius 1 is 1.21 bits per heavy atom. The van der Waals surface area contributed by atoms with Crippen molar-refractivity contribution < 1.29 is 19.5 Å². The van der Waals surface area contributed by atoms with E-state index >= 15 is 0 Å². The number of aliphatic hydroxyl groups is 1. The molecule has 0 aromatic heterocycles. The topological polar surface area (TPSA) is 98.7 Å². The highest BCUT2D eigenvalue weighted by Gasteiger charge is 2.75. The van der Waals surface area contributed by atoms with E-state index in [-0.39, 0.29) is 41.0 Å². The summed E-state index contributed by atoms with van der Waals surface area (Å²) in [6.07, 6.45) is 3.63. The van der Waals surface area contributed by atoms with Gasteiger partial charge in [-0.1, -0.05) is 66.0 Å². The first-order valence-corrected chi connectivity index (χ1v) is 13.6. The standard InChI is InChI=1S/C24H32BrN3O4S/c1-2-3-7-10-26-22(31)20-24-13-16(25)19(33-24)17(18(24)23(32)28(20)11-12-29)21(30)27-14-15-8-5-4-6-9-15/h4-6,8-9,16-20,29H,2-3,7,10-14H2,1H3,(H,26,31)(H,27,30)/t16?,17-,18-,19-,20?,24?/m0/s1. The van der Waals surface area contributed by atoms with Crippen LogP contribution in [0.5, 0.6) is 0 Å². The number of carbonyl (C=O) groups is 3. The van der Waals surface area contributed by atoms with E-state index in [1.54, 1.807) is 11.8 Å². The number of halogens is 1. The minimum atomic E-state index is -0.675. The van der Waals surface area contributed by atoms with Crippen LogP contribution in [0.25, 0.3) is 0 Å². The molecular weight excluding hydrogens is 506 g/mol. The van der Waals surface area contributed by atoms with Crippen LogP contribution < -0.4 is 10.6 Å². The summed E-state index contributed by atoms with van der Waals surface area (Å²) >= 11 is 5.36. The van der Waals surface area contributed by atoms with Crippen molar-refractivity contribution in [1.82, 2.24) is 15.5 Å². The number of hydrogen-bond acceptors (Lipinski definition) is 5. The lowest BCUT2D eigenvalue weighted by Gasteiger charge is -2.35. The lowest BCUT2D eigenvalue weighted by molar-refractivity contribution is -0.140. The zero-order valence-corrected chi connectivity index (χ0v) is 21.2. The molecule has 9 heteroatoms. The van der Waals surface area contributed by atoms with Gasteiger partial charge in [-0.25, -0.2) is 0 Å². The number of β-amino-alcohol motifs (C(OH)–C–C–N with tert-alkyl or cyclic N) is 1. The molecule has 3 unspecified atom stereocenters. The van der Waals surface area contributed by atoms with E-state index in [0.29, 0.717) is 19.5 Å². The largest absolute Gasteiger partial charge is 0.395 e. The molecule has 3 amide bonds. The number of fused-ring (bicyclic) bond motifs is 1. The van der Waals surface area contributed by atoms with Gasteiger partial charge in [0.1, 0.15) is 6.04 Å². The second-order valence-corrected chi connectivity index (χ2v) is 11.8. The lowest BCUT2D eigenvalue weighted by atomic mass is 9.70. The number of rotatable bonds is 10. The molecule has 3 heterocycles. The van der Waals surface area contributed by atoms with Gasteiger partial charge in [0.05, 0.1) is 23.2 Å². The van der Waals surface area contributed by atoms with Crippen LogP contribution in [-0.4, -0.2) is 68.3 Å². The van der Waals surface area contributed by atoms with Crippen LogP contribution in [-0.2, 0) is 20.9 Å². The summed E-state index contributed by atoms with van der Waals surface area (Å²) in [5.41, 5.74) is 0.996. The van der Waals surface area contributed by atoms with E-state index < -0.39 is 22.6 Å². The predicted octanol–water partition coefficient (Wildman–Crippen LogP) is 2.07. The molecule has 0 radical (unpaired) electrons. The number of benzene rings is 1. The SMILES string of the molecule is CCCCCNC(=O)C1N(CCO)C(=O)[C@@H]2[C@H](C(=O)NCc3ccccc3)[C@H]3SC12CC3Br. The molecule has 0 saturated carbocycles. The number of carbonyl (C=O) groups excluding carboxylic acids is 3. The highest BCUT2D eigenvalue weighted by atomic mass is 79.9. The average Bonchev–Trinajstić information content (AvgIpc) is 3.40. The highest BCUT2D eigenvalue weighted by molar-refractivity contribution is 9.09. The van der Waals surface area contributed by atoms with Gasteiger partial charge in [-0.2, -0.15) is 0 Å². The third kappa shape index (κ3) is 4.44. The van der Waals surface area contributed by atoms with Crippen LogP contribution in [0.4, 0.5) is 0 Å². The second-order valence-electron chi connectivity index (χ2n) is 9.12. The van der Waals surface area contributed by atoms with Crippen LogP contribution in [0, 0.1) is 11.8 Å². The van der Waals surface area contributed by atoms with E-state index in [4.69, 9.17) is 0 Å². The van der Waals surface area contributed by atoms with Crippen molar-refractivity contribution in [2.24, 2.45) is 11.8 Å². The summed E-state index contributed by atoms with van der Waals surface area (Å²) in [4.78, 5) is 41.8. The first-order valence-electron chi connectivity index (χ1n) is 11.8. The molecule has 1 aromatic rings. The fraction of sp³-hybridized carbons (Fsp3) is 0.625. The smallest absolute Gasteiger partial charge is 0.244 e. The summed E-state index contributed by atoms with van der Waals surface area (Å²) in [7, 11) is 0. The zero-order valence-electron chi connectivity index (χ0n) is 18.8. The Balaban J connectivity index is 1.56. The average molecular weight is 539 g/mol. The Kier molecular flexibility index (Phi) is 7.70. The summed E-state index contributed by atoms with van der Waals surface area (Å²) in [6.45, 7) is 2.95. The number of amides is 3. The molecule has 0 aliphatic carbocycles. The monoisotopic (exact) mass is 537 g/mol. The van der Waals surface area contributed by atoms with Gasteiger partial charge in [-0.15, -0.1) is 11.8 Å². The van der Waals surface area contributed by atoms with Crippen LogP contribution in [0.15, 0.2) is 30.3 Å². The maximum Gasteiger partial charge on any atom is 0.244 e. The van der Waals surface area contributed by atoms with Gasteiger partial charge in [0.25, 0.3) is 0 Å². The van der Waals surface area contributed by atoms with Gasteiger partial charge in [0, 0.05) is 29.7 Å². The molecule has 2 bridgehead atoms. The number of hydrogen-bond donors (Lipinski definition) is 3. The molecule has 3 N–H and O–H groups in total. The van der Waals surface area contributed by atoms with Crippen molar-refractivity contribution in [3.8, 4) is 0 Å². The molecule has 7 nitrogen and oxygen atoms in total. The molecule has 1 spiro atoms. The van der Waals surface area contributed by atoms with Crippen molar-refractivity contribution in [2.45, 2.75) is 60.0 Å². The predicted molar refractivity (Wildman–Crippen MR) is 132 cm³/mol. The number of aliphatic hydroxyl groups excluding tert-OH is 1. The lowest BCUT2D eigenvalue weighted by Crippen LogP contribution is -2.55. The molecule has 6 atom stereocenters. The molecular formula is C24H32BrN3O4S. The molecule has 1 aromatic carbocycles. The summed E-state index contributed by atoms with van der Waals surface area (Å²) in [6, 6.07) is 9.01. The van der Waals surface area contributed by atoms with Crippen LogP contribution in [0.1, 0.15) is 38.2 Å². The van der Waals surface area contributed by atoms with Gasteiger partial charge < -0.3 is 20.6 Å². The van der Waals surface area contributed by atoms with Crippen molar-refractivity contribution in [1.29, 1.82) is 0 Å². The zero-order chi connectivity index (χ0) is 23.6. The molecule has 3 aliphatic heterocycles.